The molecule has 2 fully saturated rings. The molecule has 36 heavy (non-hydrogen) atoms. The van der Waals surface area contributed by atoms with Crippen LogP contribution in [0.2, 0.25) is 0 Å². The van der Waals surface area contributed by atoms with Crippen LogP contribution in [0.1, 0.15) is 31.0 Å². The number of amides is 1. The van der Waals surface area contributed by atoms with Crippen molar-refractivity contribution in [3.63, 3.8) is 0 Å². The monoisotopic (exact) mass is 494 g/mol. The van der Waals surface area contributed by atoms with Gasteiger partial charge in [-0.05, 0) is 55.8 Å². The Labute approximate surface area is 209 Å². The van der Waals surface area contributed by atoms with Crippen LogP contribution in [0.3, 0.4) is 0 Å². The molecule has 4 rings (SSSR count). The Kier molecular flexibility index (Phi) is 7.66. The zero-order valence-electron chi connectivity index (χ0n) is 20.3. The van der Waals surface area contributed by atoms with E-state index in [4.69, 9.17) is 4.74 Å². The SMILES string of the molecule is CC(C)Oc1ccc(/C(O)=C2/C(=O)C(=O)N(CCN3CCNCC3)C2c2ccc([N+](=O)[O-])cc2)cc1. The highest BCUT2D eigenvalue weighted by molar-refractivity contribution is 6.46. The lowest BCUT2D eigenvalue weighted by Gasteiger charge is -2.31. The molecular formula is C26H30N4O6. The van der Waals surface area contributed by atoms with E-state index in [1.807, 2.05) is 13.8 Å². The third-order valence-electron chi connectivity index (χ3n) is 6.33. The number of likely N-dealkylation sites (tertiary alicyclic amines) is 1. The standard InChI is InChI=1S/C26H30N4O6/c1-17(2)36-21-9-5-19(6-10-21)24(31)22-23(18-3-7-20(8-4-18)30(34)35)29(26(33)25(22)32)16-15-28-13-11-27-12-14-28/h3-10,17,23,27,31H,11-16H2,1-2H3/b24-22-. The normalized spacial score (nSPS) is 20.2. The summed E-state index contributed by atoms with van der Waals surface area (Å²) in [4.78, 5) is 40.6. The maximum absolute atomic E-state index is 13.2. The van der Waals surface area contributed by atoms with Gasteiger partial charge in [0, 0.05) is 57.0 Å². The number of piperazine rings is 1. The van der Waals surface area contributed by atoms with E-state index in [-0.39, 0.29) is 29.7 Å². The fourth-order valence-electron chi connectivity index (χ4n) is 4.54. The largest absolute Gasteiger partial charge is 0.507 e. The Morgan fingerprint density at radius 2 is 1.72 bits per heavy atom. The second-order valence-electron chi connectivity index (χ2n) is 9.12. The van der Waals surface area contributed by atoms with Crippen LogP contribution in [-0.2, 0) is 9.59 Å². The lowest BCUT2D eigenvalue weighted by Crippen LogP contribution is -2.46. The Bertz CT molecular complexity index is 1150. The van der Waals surface area contributed by atoms with Gasteiger partial charge in [0.2, 0.25) is 0 Å². The zero-order valence-corrected chi connectivity index (χ0v) is 20.3. The first kappa shape index (κ1) is 25.3. The number of carbonyl (C=O) groups is 2. The average Bonchev–Trinajstić information content (AvgIpc) is 3.12. The lowest BCUT2D eigenvalue weighted by molar-refractivity contribution is -0.384. The van der Waals surface area contributed by atoms with Gasteiger partial charge in [-0.15, -0.1) is 0 Å². The number of nitro groups is 1. The zero-order chi connectivity index (χ0) is 25.8. The Balaban J connectivity index is 1.71. The molecule has 2 aromatic rings. The van der Waals surface area contributed by atoms with Crippen molar-refractivity contribution in [2.75, 3.05) is 39.3 Å². The van der Waals surface area contributed by atoms with Crippen LogP contribution in [0, 0.1) is 10.1 Å². The minimum atomic E-state index is -0.861. The first-order valence-corrected chi connectivity index (χ1v) is 12.0. The number of benzene rings is 2. The van der Waals surface area contributed by atoms with E-state index in [1.54, 1.807) is 24.3 Å². The first-order chi connectivity index (χ1) is 17.3. The van der Waals surface area contributed by atoms with Crippen molar-refractivity contribution in [1.29, 1.82) is 0 Å². The van der Waals surface area contributed by atoms with E-state index >= 15 is 0 Å². The highest BCUT2D eigenvalue weighted by Gasteiger charge is 2.46. The van der Waals surface area contributed by atoms with E-state index in [0.717, 1.165) is 26.2 Å². The van der Waals surface area contributed by atoms with Crippen LogP contribution in [0.25, 0.3) is 5.76 Å². The van der Waals surface area contributed by atoms with E-state index in [0.29, 0.717) is 23.4 Å². The number of ether oxygens (including phenoxy) is 1. The topological polar surface area (TPSA) is 125 Å². The molecule has 10 nitrogen and oxygen atoms in total. The van der Waals surface area contributed by atoms with Gasteiger partial charge in [-0.2, -0.15) is 0 Å². The molecule has 190 valence electrons. The minimum Gasteiger partial charge on any atom is -0.507 e. The van der Waals surface area contributed by atoms with Crippen LogP contribution in [0.4, 0.5) is 5.69 Å². The number of nitrogens with one attached hydrogen (secondary N) is 1. The van der Waals surface area contributed by atoms with Crippen LogP contribution in [0.5, 0.6) is 5.75 Å². The molecule has 2 aliphatic rings. The highest BCUT2D eigenvalue weighted by Crippen LogP contribution is 2.40. The van der Waals surface area contributed by atoms with E-state index in [2.05, 4.69) is 10.2 Å². The van der Waals surface area contributed by atoms with Crippen LogP contribution in [0.15, 0.2) is 54.1 Å². The summed E-state index contributed by atoms with van der Waals surface area (Å²) in [5, 5.41) is 25.6. The summed E-state index contributed by atoms with van der Waals surface area (Å²) in [7, 11) is 0. The van der Waals surface area contributed by atoms with Gasteiger partial charge < -0.3 is 20.1 Å². The number of carbonyl (C=O) groups excluding carboxylic acids is 2. The van der Waals surface area contributed by atoms with Gasteiger partial charge in [0.25, 0.3) is 17.4 Å². The van der Waals surface area contributed by atoms with Crippen molar-refractivity contribution in [1.82, 2.24) is 15.1 Å². The Morgan fingerprint density at radius 3 is 2.31 bits per heavy atom. The third kappa shape index (κ3) is 5.39. The van der Waals surface area contributed by atoms with Crippen molar-refractivity contribution >= 4 is 23.1 Å². The molecule has 1 unspecified atom stereocenters. The number of hydrogen-bond acceptors (Lipinski definition) is 8. The van der Waals surface area contributed by atoms with Crippen molar-refractivity contribution in [2.24, 2.45) is 0 Å². The molecule has 0 saturated carbocycles. The maximum Gasteiger partial charge on any atom is 0.295 e. The summed E-state index contributed by atoms with van der Waals surface area (Å²) in [5.41, 5.74) is 0.753. The molecule has 0 aromatic heterocycles. The number of Topliss-reactive ketones (excluding diaryl/α,β-unsaturated/α-hetero) is 1. The summed E-state index contributed by atoms with van der Waals surface area (Å²) < 4.78 is 5.65. The third-order valence-corrected chi connectivity index (χ3v) is 6.33. The Hall–Kier alpha value is -3.76. The summed E-state index contributed by atoms with van der Waals surface area (Å²) >= 11 is 0. The number of aliphatic hydroxyl groups is 1. The van der Waals surface area contributed by atoms with Crippen molar-refractivity contribution in [3.8, 4) is 5.75 Å². The van der Waals surface area contributed by atoms with E-state index in [9.17, 15) is 24.8 Å². The number of nitrogens with zero attached hydrogens (tertiary/aromatic N) is 3. The van der Waals surface area contributed by atoms with Crippen molar-refractivity contribution in [2.45, 2.75) is 26.0 Å². The molecule has 2 saturated heterocycles. The molecule has 2 aromatic carbocycles. The van der Waals surface area contributed by atoms with Gasteiger partial charge in [-0.25, -0.2) is 0 Å². The molecule has 0 spiro atoms. The maximum atomic E-state index is 13.2. The second kappa shape index (κ2) is 10.9. The number of rotatable bonds is 8. The van der Waals surface area contributed by atoms with Gasteiger partial charge in [0.1, 0.15) is 11.5 Å². The smallest absolute Gasteiger partial charge is 0.295 e. The molecule has 0 radical (unpaired) electrons. The number of ketones is 1. The summed E-state index contributed by atoms with van der Waals surface area (Å²) in [6.45, 7) is 8.01. The molecule has 1 atom stereocenters. The minimum absolute atomic E-state index is 0.0207. The number of non-ortho nitro benzene ring substituents is 1. The molecular weight excluding hydrogens is 464 g/mol. The first-order valence-electron chi connectivity index (χ1n) is 12.0. The predicted octanol–water partition coefficient (Wildman–Crippen LogP) is 2.71. The van der Waals surface area contributed by atoms with Crippen LogP contribution in [-0.4, -0.2) is 76.9 Å². The van der Waals surface area contributed by atoms with Crippen molar-refractivity contribution in [3.05, 3.63) is 75.3 Å². The van der Waals surface area contributed by atoms with Gasteiger partial charge in [-0.3, -0.25) is 24.6 Å². The van der Waals surface area contributed by atoms with Gasteiger partial charge in [0.05, 0.1) is 22.6 Å². The number of aliphatic hydroxyl groups excluding tert-OH is 1. The molecule has 2 N–H and O–H groups in total. The molecule has 2 heterocycles. The molecule has 2 aliphatic heterocycles. The predicted molar refractivity (Wildman–Crippen MR) is 134 cm³/mol. The van der Waals surface area contributed by atoms with Gasteiger partial charge in [0.15, 0.2) is 0 Å². The quantitative estimate of drug-likeness (QED) is 0.189. The van der Waals surface area contributed by atoms with Crippen LogP contribution < -0.4 is 10.1 Å². The Morgan fingerprint density at radius 1 is 1.08 bits per heavy atom. The number of nitro benzene ring substituents is 1. The van der Waals surface area contributed by atoms with E-state index in [1.165, 1.54) is 29.2 Å². The number of hydrogen-bond donors (Lipinski definition) is 2. The average molecular weight is 495 g/mol. The fraction of sp³-hybridized carbons (Fsp3) is 0.385. The lowest BCUT2D eigenvalue weighted by atomic mass is 9.95. The van der Waals surface area contributed by atoms with Crippen molar-refractivity contribution < 1.29 is 24.4 Å². The van der Waals surface area contributed by atoms with E-state index < -0.39 is 22.7 Å². The van der Waals surface area contributed by atoms with Gasteiger partial charge in [-0.1, -0.05) is 0 Å². The second-order valence-corrected chi connectivity index (χ2v) is 9.12. The molecule has 0 bridgehead atoms. The fourth-order valence-corrected chi connectivity index (χ4v) is 4.54. The molecule has 1 amide bonds. The highest BCUT2D eigenvalue weighted by atomic mass is 16.6. The summed E-state index contributed by atoms with van der Waals surface area (Å²) in [5.74, 6) is -1.16. The molecule has 0 aliphatic carbocycles. The van der Waals surface area contributed by atoms with Crippen LogP contribution >= 0.6 is 0 Å². The van der Waals surface area contributed by atoms with Gasteiger partial charge >= 0.3 is 0 Å². The summed E-state index contributed by atoms with van der Waals surface area (Å²) in [6, 6.07) is 11.5. The molecule has 10 heteroatoms. The summed E-state index contributed by atoms with van der Waals surface area (Å²) in [6.07, 6.45) is -0.0207.